The highest BCUT2D eigenvalue weighted by Gasteiger charge is 2.19. The number of ether oxygens (including phenoxy) is 3. The Bertz CT molecular complexity index is 1490. The van der Waals surface area contributed by atoms with Gasteiger partial charge in [-0.2, -0.15) is 0 Å². The van der Waals surface area contributed by atoms with Crippen LogP contribution in [0, 0.1) is 0 Å². The van der Waals surface area contributed by atoms with Crippen molar-refractivity contribution in [2.24, 2.45) is 0 Å². The maximum absolute atomic E-state index is 11.5. The molecule has 4 aromatic rings. The molecule has 0 amide bonds. The van der Waals surface area contributed by atoms with Crippen LogP contribution in [0.3, 0.4) is 0 Å². The minimum Gasteiger partial charge on any atom is -0.768 e. The van der Waals surface area contributed by atoms with Gasteiger partial charge < -0.3 is 18.8 Å². The minimum absolute atomic E-state index is 0.0330. The van der Waals surface area contributed by atoms with Crippen LogP contribution in [0.2, 0.25) is 10.0 Å². The van der Waals surface area contributed by atoms with Crippen LogP contribution >= 0.6 is 23.2 Å². The van der Waals surface area contributed by atoms with E-state index >= 15 is 0 Å². The number of nitrogens with zero attached hydrogens (tertiary/aromatic N) is 1. The molecule has 0 radical (unpaired) electrons. The van der Waals surface area contributed by atoms with Crippen molar-refractivity contribution in [3.63, 3.8) is 0 Å². The zero-order chi connectivity index (χ0) is 27.4. The largest absolute Gasteiger partial charge is 0.768 e. The Kier molecular flexibility index (Phi) is 8.95. The first kappa shape index (κ1) is 27.7. The molecular formula is C30H28Cl2NO5S-. The number of benzene rings is 4. The molecule has 1 unspecified atom stereocenters. The molecule has 1 saturated heterocycles. The van der Waals surface area contributed by atoms with Crippen LogP contribution in [0.15, 0.2) is 71.6 Å². The number of likely N-dealkylation sites (tertiary alicyclic amines) is 1. The van der Waals surface area contributed by atoms with Crippen LogP contribution in [-0.4, -0.2) is 47.0 Å². The fraction of sp³-hybridized carbons (Fsp3) is 0.267. The Morgan fingerprint density at radius 3 is 2.26 bits per heavy atom. The number of rotatable bonds is 9. The normalized spacial score (nSPS) is 14.8. The van der Waals surface area contributed by atoms with Gasteiger partial charge >= 0.3 is 0 Å². The van der Waals surface area contributed by atoms with Crippen LogP contribution < -0.4 is 14.2 Å². The summed E-state index contributed by atoms with van der Waals surface area (Å²) in [4.78, 5) is 2.38. The third-order valence-electron chi connectivity index (χ3n) is 6.86. The highest BCUT2D eigenvalue weighted by molar-refractivity contribution is 7.79. The number of fused-ring (bicyclic) bond motifs is 1. The number of methoxy groups -OCH3 is 1. The van der Waals surface area contributed by atoms with Crippen molar-refractivity contribution in [2.45, 2.75) is 24.2 Å². The first-order valence-corrected chi connectivity index (χ1v) is 14.6. The molecule has 1 aliphatic rings. The standard InChI is InChI=1S/C30H29Cl2NO5S/c1-36-23-10-12-24-20(19-23)5-11-26(25-13-14-27(39(34)35)29(32)28(25)31)30(24)38-22-8-6-21(7-9-22)37-18-17-33-15-3-2-4-16-33/h5-14,19H,2-4,15-18H2,1H3,(H,34,35)/p-1. The highest BCUT2D eigenvalue weighted by atomic mass is 35.5. The summed E-state index contributed by atoms with van der Waals surface area (Å²) in [5.41, 5.74) is 1.23. The van der Waals surface area contributed by atoms with E-state index in [4.69, 9.17) is 37.4 Å². The molecule has 0 aliphatic carbocycles. The van der Waals surface area contributed by atoms with Crippen LogP contribution in [0.5, 0.6) is 23.0 Å². The van der Waals surface area contributed by atoms with Gasteiger partial charge in [-0.25, -0.2) is 0 Å². The summed E-state index contributed by atoms with van der Waals surface area (Å²) in [5, 5.41) is 1.84. The molecule has 1 aliphatic heterocycles. The van der Waals surface area contributed by atoms with E-state index in [-0.39, 0.29) is 14.9 Å². The van der Waals surface area contributed by atoms with E-state index in [1.54, 1.807) is 13.2 Å². The van der Waals surface area contributed by atoms with Crippen molar-refractivity contribution < 1.29 is 23.0 Å². The lowest BCUT2D eigenvalue weighted by Crippen LogP contribution is -2.33. The summed E-state index contributed by atoms with van der Waals surface area (Å²) in [6.07, 6.45) is 3.83. The molecule has 9 heteroatoms. The Morgan fingerprint density at radius 1 is 0.846 bits per heavy atom. The van der Waals surface area contributed by atoms with Gasteiger partial charge in [0.05, 0.1) is 17.2 Å². The molecule has 39 heavy (non-hydrogen) atoms. The van der Waals surface area contributed by atoms with Gasteiger partial charge in [-0.3, -0.25) is 9.11 Å². The summed E-state index contributed by atoms with van der Waals surface area (Å²) in [6, 6.07) is 20.1. The summed E-state index contributed by atoms with van der Waals surface area (Å²) in [5.74, 6) is 2.67. The van der Waals surface area contributed by atoms with Crippen molar-refractivity contribution >= 4 is 45.1 Å². The van der Waals surface area contributed by atoms with Crippen LogP contribution in [0.25, 0.3) is 21.9 Å². The number of halogens is 2. The van der Waals surface area contributed by atoms with E-state index in [0.717, 1.165) is 41.9 Å². The molecule has 0 saturated carbocycles. The van der Waals surface area contributed by atoms with Gasteiger partial charge in [0.15, 0.2) is 0 Å². The lowest BCUT2D eigenvalue weighted by Gasteiger charge is -2.26. The van der Waals surface area contributed by atoms with Gasteiger partial charge in [0.1, 0.15) is 29.6 Å². The molecule has 1 heterocycles. The Hall–Kier alpha value is -2.81. The first-order valence-electron chi connectivity index (χ1n) is 12.8. The van der Waals surface area contributed by atoms with Gasteiger partial charge in [0.2, 0.25) is 0 Å². The van der Waals surface area contributed by atoms with Gasteiger partial charge in [0, 0.05) is 28.0 Å². The Labute approximate surface area is 240 Å². The van der Waals surface area contributed by atoms with Gasteiger partial charge in [-0.15, -0.1) is 0 Å². The zero-order valence-electron chi connectivity index (χ0n) is 21.5. The topological polar surface area (TPSA) is 71.1 Å². The van der Waals surface area contributed by atoms with E-state index in [1.165, 1.54) is 25.3 Å². The van der Waals surface area contributed by atoms with Crippen molar-refractivity contribution in [3.8, 4) is 34.1 Å². The molecule has 0 N–H and O–H groups in total. The van der Waals surface area contributed by atoms with Gasteiger partial charge in [-0.1, -0.05) is 41.8 Å². The molecule has 4 aromatic carbocycles. The second-order valence-corrected chi connectivity index (χ2v) is 11.0. The van der Waals surface area contributed by atoms with Crippen molar-refractivity contribution in [1.82, 2.24) is 4.90 Å². The SMILES string of the molecule is COc1ccc2c(Oc3ccc(OCCN4CCCCC4)cc3)c(-c3ccc(S(=O)[O-])c(Cl)c3Cl)ccc2c1. The third-order valence-corrected chi connectivity index (χ3v) is 8.56. The maximum atomic E-state index is 11.5. The average molecular weight is 586 g/mol. The van der Waals surface area contributed by atoms with E-state index < -0.39 is 11.1 Å². The lowest BCUT2D eigenvalue weighted by molar-refractivity contribution is 0.183. The van der Waals surface area contributed by atoms with Crippen LogP contribution in [0.1, 0.15) is 19.3 Å². The molecule has 1 atom stereocenters. The average Bonchev–Trinajstić information content (AvgIpc) is 2.96. The zero-order valence-corrected chi connectivity index (χ0v) is 23.8. The summed E-state index contributed by atoms with van der Waals surface area (Å²) in [7, 11) is 1.62. The quantitative estimate of drug-likeness (QED) is 0.187. The number of hydrogen-bond acceptors (Lipinski definition) is 6. The predicted molar refractivity (Wildman–Crippen MR) is 155 cm³/mol. The molecule has 5 rings (SSSR count). The molecular weight excluding hydrogens is 557 g/mol. The molecule has 0 spiro atoms. The summed E-state index contributed by atoms with van der Waals surface area (Å²) >= 11 is 10.4. The van der Waals surface area contributed by atoms with E-state index in [9.17, 15) is 8.76 Å². The van der Waals surface area contributed by atoms with E-state index in [0.29, 0.717) is 29.2 Å². The molecule has 0 aromatic heterocycles. The van der Waals surface area contributed by atoms with Crippen molar-refractivity contribution in [1.29, 1.82) is 0 Å². The second-order valence-electron chi connectivity index (χ2n) is 9.33. The van der Waals surface area contributed by atoms with E-state index in [2.05, 4.69) is 4.90 Å². The highest BCUT2D eigenvalue weighted by Crippen LogP contribution is 2.45. The molecule has 0 bridgehead atoms. The Balaban J connectivity index is 1.45. The molecule has 1 fully saturated rings. The van der Waals surface area contributed by atoms with Crippen molar-refractivity contribution in [2.75, 3.05) is 33.4 Å². The second kappa shape index (κ2) is 12.6. The van der Waals surface area contributed by atoms with E-state index in [1.807, 2.05) is 54.6 Å². The fourth-order valence-corrected chi connectivity index (χ4v) is 5.90. The summed E-state index contributed by atoms with van der Waals surface area (Å²) < 4.78 is 40.9. The summed E-state index contributed by atoms with van der Waals surface area (Å²) in [6.45, 7) is 3.84. The fourth-order valence-electron chi connectivity index (χ4n) is 4.79. The molecule has 204 valence electrons. The van der Waals surface area contributed by atoms with Crippen LogP contribution in [0.4, 0.5) is 0 Å². The monoisotopic (exact) mass is 584 g/mol. The number of hydrogen-bond donors (Lipinski definition) is 0. The van der Waals surface area contributed by atoms with Gasteiger partial charge in [0.25, 0.3) is 0 Å². The lowest BCUT2D eigenvalue weighted by atomic mass is 9.99. The molecule has 6 nitrogen and oxygen atoms in total. The first-order chi connectivity index (χ1) is 18.9. The smallest absolute Gasteiger partial charge is 0.143 e. The van der Waals surface area contributed by atoms with Gasteiger partial charge in [-0.05, 0) is 97.0 Å². The maximum Gasteiger partial charge on any atom is 0.143 e. The minimum atomic E-state index is -2.51. The Morgan fingerprint density at radius 2 is 1.54 bits per heavy atom. The van der Waals surface area contributed by atoms with Crippen LogP contribution in [-0.2, 0) is 11.1 Å². The number of piperidine rings is 1. The predicted octanol–water partition coefficient (Wildman–Crippen LogP) is 7.72. The van der Waals surface area contributed by atoms with Crippen molar-refractivity contribution in [3.05, 3.63) is 76.8 Å². The third kappa shape index (κ3) is 6.34.